The third-order valence-corrected chi connectivity index (χ3v) is 10.2. The number of amides is 1. The normalized spacial score (nSPS) is 29.2. The monoisotopic (exact) mass is 532 g/mol. The number of thiazole rings is 1. The SMILES string of the molecule is COS(=O)(=O)Oc1ccc2c(c1)CCC1C2CC[C@]2(C)C(=O)C[C@@H](CCC(=O)Nc3ncc(C)s3)C12. The van der Waals surface area contributed by atoms with Crippen LogP contribution in [0.2, 0.25) is 0 Å². The number of carbonyl (C=O) groups excluding carboxylic acids is 2. The van der Waals surface area contributed by atoms with Crippen LogP contribution in [0, 0.1) is 30.1 Å². The Morgan fingerprint density at radius 1 is 1.31 bits per heavy atom. The summed E-state index contributed by atoms with van der Waals surface area (Å²) >= 11 is 1.46. The summed E-state index contributed by atoms with van der Waals surface area (Å²) in [6.45, 7) is 4.09. The highest BCUT2D eigenvalue weighted by molar-refractivity contribution is 7.82. The molecule has 2 aromatic rings. The summed E-state index contributed by atoms with van der Waals surface area (Å²) < 4.78 is 32.8. The van der Waals surface area contributed by atoms with Crippen LogP contribution in [-0.2, 0) is 30.6 Å². The molecule has 0 saturated heterocycles. The Kier molecular flexibility index (Phi) is 6.72. The molecule has 2 saturated carbocycles. The summed E-state index contributed by atoms with van der Waals surface area (Å²) in [7, 11) is -2.99. The summed E-state index contributed by atoms with van der Waals surface area (Å²) in [6, 6.07) is 5.47. The van der Waals surface area contributed by atoms with Gasteiger partial charge in [0.1, 0.15) is 11.5 Å². The fourth-order valence-electron chi connectivity index (χ4n) is 7.00. The number of benzene rings is 1. The van der Waals surface area contributed by atoms with Gasteiger partial charge in [-0.25, -0.2) is 9.17 Å². The highest BCUT2D eigenvalue weighted by atomic mass is 32.3. The number of hydrogen-bond donors (Lipinski definition) is 1. The quantitative estimate of drug-likeness (QED) is 0.546. The highest BCUT2D eigenvalue weighted by Gasteiger charge is 2.58. The minimum Gasteiger partial charge on any atom is -0.362 e. The number of aryl methyl sites for hydroxylation is 2. The molecule has 3 aliphatic carbocycles. The van der Waals surface area contributed by atoms with Crippen molar-refractivity contribution in [1.82, 2.24) is 4.98 Å². The lowest BCUT2D eigenvalue weighted by molar-refractivity contribution is -0.129. The van der Waals surface area contributed by atoms with Gasteiger partial charge in [-0.05, 0) is 86.0 Å². The maximum absolute atomic E-state index is 13.2. The van der Waals surface area contributed by atoms with Crippen LogP contribution in [-0.4, -0.2) is 32.2 Å². The zero-order valence-corrected chi connectivity index (χ0v) is 22.4. The van der Waals surface area contributed by atoms with Crippen LogP contribution in [0.1, 0.15) is 67.4 Å². The Hall–Kier alpha value is -2.30. The number of carbonyl (C=O) groups is 2. The van der Waals surface area contributed by atoms with Crippen molar-refractivity contribution in [2.24, 2.45) is 23.2 Å². The van der Waals surface area contributed by atoms with Gasteiger partial charge in [0.15, 0.2) is 5.13 Å². The molecule has 36 heavy (non-hydrogen) atoms. The Morgan fingerprint density at radius 3 is 2.83 bits per heavy atom. The van der Waals surface area contributed by atoms with Crippen molar-refractivity contribution in [3.8, 4) is 5.75 Å². The molecule has 2 fully saturated rings. The van der Waals surface area contributed by atoms with Crippen LogP contribution in [0.4, 0.5) is 5.13 Å². The van der Waals surface area contributed by atoms with Crippen LogP contribution in [0.3, 0.4) is 0 Å². The third-order valence-electron chi connectivity index (χ3n) is 8.55. The average molecular weight is 533 g/mol. The Bertz CT molecular complexity index is 1290. The predicted octanol–water partition coefficient (Wildman–Crippen LogP) is 4.79. The summed E-state index contributed by atoms with van der Waals surface area (Å²) in [6.07, 6.45) is 6.88. The molecule has 3 aliphatic rings. The number of nitrogens with zero attached hydrogens (tertiary/aromatic N) is 1. The zero-order valence-electron chi connectivity index (χ0n) is 20.8. The number of aromatic nitrogens is 1. The minimum absolute atomic E-state index is 0.0507. The van der Waals surface area contributed by atoms with E-state index in [-0.39, 0.29) is 28.9 Å². The molecule has 8 nitrogen and oxygen atoms in total. The molecule has 1 heterocycles. The molecule has 1 aromatic heterocycles. The molecule has 194 valence electrons. The van der Waals surface area contributed by atoms with Gasteiger partial charge < -0.3 is 9.50 Å². The largest absolute Gasteiger partial charge is 0.448 e. The van der Waals surface area contributed by atoms with Gasteiger partial charge in [-0.2, -0.15) is 8.42 Å². The number of hydrogen-bond acceptors (Lipinski definition) is 8. The van der Waals surface area contributed by atoms with Crippen LogP contribution in [0.15, 0.2) is 24.4 Å². The molecule has 5 rings (SSSR count). The topological polar surface area (TPSA) is 112 Å². The second kappa shape index (κ2) is 9.54. The summed E-state index contributed by atoms with van der Waals surface area (Å²) in [5, 5.41) is 3.51. The van der Waals surface area contributed by atoms with Crippen molar-refractivity contribution in [3.05, 3.63) is 40.4 Å². The predicted molar refractivity (Wildman–Crippen MR) is 136 cm³/mol. The molecule has 0 bridgehead atoms. The Balaban J connectivity index is 1.32. The molecule has 1 N–H and O–H groups in total. The summed E-state index contributed by atoms with van der Waals surface area (Å²) in [5.74, 6) is 1.67. The molecule has 3 unspecified atom stereocenters. The molecule has 0 spiro atoms. The van der Waals surface area contributed by atoms with E-state index in [9.17, 15) is 18.0 Å². The molecular weight excluding hydrogens is 500 g/mol. The number of anilines is 1. The van der Waals surface area contributed by atoms with Gasteiger partial charge in [-0.1, -0.05) is 13.0 Å². The van der Waals surface area contributed by atoms with E-state index in [4.69, 9.17) is 4.18 Å². The van der Waals surface area contributed by atoms with Crippen LogP contribution in [0.25, 0.3) is 0 Å². The molecule has 10 heteroatoms. The molecule has 0 radical (unpaired) electrons. The molecule has 1 amide bonds. The number of Topliss-reactive ketones (excluding diaryl/α,β-unsaturated/α-hetero) is 1. The first-order valence-electron chi connectivity index (χ1n) is 12.5. The fourth-order valence-corrected chi connectivity index (χ4v) is 8.09. The molecule has 5 atom stereocenters. The summed E-state index contributed by atoms with van der Waals surface area (Å²) in [5.41, 5.74) is 2.00. The van der Waals surface area contributed by atoms with Crippen molar-refractivity contribution in [2.45, 2.75) is 64.7 Å². The van der Waals surface area contributed by atoms with Crippen LogP contribution < -0.4 is 9.50 Å². The first-order chi connectivity index (χ1) is 17.1. The number of ketones is 1. The van der Waals surface area contributed by atoms with Crippen molar-refractivity contribution < 1.29 is 26.4 Å². The second-order valence-electron chi connectivity index (χ2n) is 10.6. The van der Waals surface area contributed by atoms with E-state index in [1.807, 2.05) is 13.0 Å². The van der Waals surface area contributed by atoms with Crippen molar-refractivity contribution in [2.75, 3.05) is 12.4 Å². The maximum Gasteiger partial charge on any atom is 0.448 e. The van der Waals surface area contributed by atoms with Gasteiger partial charge in [0.05, 0.1) is 7.11 Å². The van der Waals surface area contributed by atoms with Gasteiger partial charge >= 0.3 is 10.4 Å². The van der Waals surface area contributed by atoms with E-state index in [1.165, 1.54) is 16.9 Å². The van der Waals surface area contributed by atoms with Gasteiger partial charge in [0.25, 0.3) is 0 Å². The average Bonchev–Trinajstić information content (AvgIpc) is 3.36. The van der Waals surface area contributed by atoms with E-state index in [2.05, 4.69) is 21.4 Å². The molecule has 1 aromatic carbocycles. The number of rotatable bonds is 7. The minimum atomic E-state index is -4.06. The Labute approximate surface area is 216 Å². The Morgan fingerprint density at radius 2 is 2.11 bits per heavy atom. The standard InChI is InChI=1S/C26H32N2O6S2/c1-15-14-27-25(35-15)28-23(30)9-5-17-13-22(29)26(2)11-10-20-19-8-6-18(34-36(31,32)33-3)12-16(19)4-7-21(20)24(17)26/h6,8,12,14,17,20-21,24H,4-5,7,9-11,13H2,1-3H3,(H,27,28,30)/t17-,20?,21?,24?,26-/m1/s1. The maximum atomic E-state index is 13.2. The summed E-state index contributed by atoms with van der Waals surface area (Å²) in [4.78, 5) is 31.1. The van der Waals surface area contributed by atoms with Gasteiger partial charge in [0.2, 0.25) is 5.91 Å². The lowest BCUT2D eigenvalue weighted by Crippen LogP contribution is -2.44. The number of fused-ring (bicyclic) bond motifs is 5. The van der Waals surface area contributed by atoms with Crippen molar-refractivity contribution in [3.63, 3.8) is 0 Å². The van der Waals surface area contributed by atoms with E-state index < -0.39 is 10.4 Å². The lowest BCUT2D eigenvalue weighted by atomic mass is 9.54. The lowest BCUT2D eigenvalue weighted by Gasteiger charge is -2.50. The smallest absolute Gasteiger partial charge is 0.362 e. The van der Waals surface area contributed by atoms with Crippen LogP contribution in [0.5, 0.6) is 5.75 Å². The first-order valence-corrected chi connectivity index (χ1v) is 14.6. The van der Waals surface area contributed by atoms with Gasteiger partial charge in [-0.3, -0.25) is 9.59 Å². The van der Waals surface area contributed by atoms with Gasteiger partial charge in [0, 0.05) is 29.3 Å². The second-order valence-corrected chi connectivity index (χ2v) is 13.1. The first kappa shape index (κ1) is 25.4. The molecular formula is C26H32N2O6S2. The number of nitrogens with one attached hydrogen (secondary N) is 1. The molecule has 0 aliphatic heterocycles. The zero-order chi connectivity index (χ0) is 25.7. The van der Waals surface area contributed by atoms with E-state index in [0.717, 1.165) is 43.2 Å². The van der Waals surface area contributed by atoms with E-state index in [0.29, 0.717) is 42.0 Å². The fraction of sp³-hybridized carbons (Fsp3) is 0.577. The highest BCUT2D eigenvalue weighted by Crippen LogP contribution is 2.62. The van der Waals surface area contributed by atoms with E-state index in [1.54, 1.807) is 18.3 Å². The van der Waals surface area contributed by atoms with Gasteiger partial charge in [-0.15, -0.1) is 11.3 Å². The van der Waals surface area contributed by atoms with Crippen LogP contribution >= 0.6 is 11.3 Å². The van der Waals surface area contributed by atoms with Crippen molar-refractivity contribution >= 4 is 38.6 Å². The van der Waals surface area contributed by atoms with E-state index >= 15 is 0 Å². The van der Waals surface area contributed by atoms with Crippen molar-refractivity contribution in [1.29, 1.82) is 0 Å². The third kappa shape index (κ3) is 4.70.